The maximum absolute atomic E-state index is 5.62. The highest BCUT2D eigenvalue weighted by atomic mass is 16.5. The second-order valence-electron chi connectivity index (χ2n) is 4.49. The smallest absolute Gasteiger partial charge is 0.192 e. The van der Waals surface area contributed by atoms with Crippen molar-refractivity contribution < 1.29 is 4.74 Å². The molecule has 1 unspecified atom stereocenters. The van der Waals surface area contributed by atoms with Crippen LogP contribution in [-0.2, 0) is 4.74 Å². The lowest BCUT2D eigenvalue weighted by molar-refractivity contribution is 0.234. The lowest BCUT2D eigenvalue weighted by atomic mass is 10.0. The van der Waals surface area contributed by atoms with E-state index in [9.17, 15) is 0 Å². The van der Waals surface area contributed by atoms with E-state index in [2.05, 4.69) is 37.2 Å². The standard InChI is InChI=1S/C11H16N2O/c1-8-4-5-12-6-9(8)10-13-11(2,3)7-14-10/h4-6,8,13H,7H2,1-3H3/b10-9-. The van der Waals surface area contributed by atoms with Gasteiger partial charge in [-0.3, -0.25) is 4.99 Å². The first-order chi connectivity index (χ1) is 6.58. The highest BCUT2D eigenvalue weighted by Gasteiger charge is 2.30. The molecule has 0 aromatic carbocycles. The van der Waals surface area contributed by atoms with Gasteiger partial charge >= 0.3 is 0 Å². The van der Waals surface area contributed by atoms with Gasteiger partial charge in [0.05, 0.1) is 5.54 Å². The second-order valence-corrected chi connectivity index (χ2v) is 4.49. The molecule has 0 bridgehead atoms. The Bertz CT molecular complexity index is 326. The Morgan fingerprint density at radius 2 is 2.36 bits per heavy atom. The molecule has 2 aliphatic heterocycles. The number of nitrogens with one attached hydrogen (secondary N) is 1. The maximum atomic E-state index is 5.62. The van der Waals surface area contributed by atoms with E-state index >= 15 is 0 Å². The van der Waals surface area contributed by atoms with Gasteiger partial charge in [0, 0.05) is 23.9 Å². The third-order valence-electron chi connectivity index (χ3n) is 2.46. The number of nitrogens with zero attached hydrogens (tertiary/aromatic N) is 1. The fraction of sp³-hybridized carbons (Fsp3) is 0.545. The number of ether oxygens (including phenoxy) is 1. The Hall–Kier alpha value is -1.25. The third-order valence-corrected chi connectivity index (χ3v) is 2.46. The quantitative estimate of drug-likeness (QED) is 0.635. The lowest BCUT2D eigenvalue weighted by Gasteiger charge is -2.16. The normalized spacial score (nSPS) is 34.1. The monoisotopic (exact) mass is 192 g/mol. The largest absolute Gasteiger partial charge is 0.476 e. The van der Waals surface area contributed by atoms with Gasteiger partial charge in [0.2, 0.25) is 0 Å². The first-order valence-corrected chi connectivity index (χ1v) is 4.93. The van der Waals surface area contributed by atoms with E-state index in [4.69, 9.17) is 4.74 Å². The second kappa shape index (κ2) is 3.15. The summed E-state index contributed by atoms with van der Waals surface area (Å²) in [5.74, 6) is 1.26. The van der Waals surface area contributed by atoms with Crippen molar-refractivity contribution in [1.82, 2.24) is 5.32 Å². The molecule has 3 heteroatoms. The zero-order chi connectivity index (χ0) is 10.2. The summed E-state index contributed by atoms with van der Waals surface area (Å²) in [6.07, 6.45) is 5.77. The minimum Gasteiger partial charge on any atom is -0.476 e. The van der Waals surface area contributed by atoms with Crippen molar-refractivity contribution in [2.24, 2.45) is 10.9 Å². The summed E-state index contributed by atoms with van der Waals surface area (Å²) in [5.41, 5.74) is 1.18. The zero-order valence-corrected chi connectivity index (χ0v) is 8.87. The van der Waals surface area contributed by atoms with Crippen LogP contribution >= 0.6 is 0 Å². The molecule has 1 N–H and O–H groups in total. The van der Waals surface area contributed by atoms with Crippen molar-refractivity contribution in [2.75, 3.05) is 6.61 Å². The molecule has 1 fully saturated rings. The molecular weight excluding hydrogens is 176 g/mol. The summed E-state index contributed by atoms with van der Waals surface area (Å²) < 4.78 is 5.62. The molecule has 2 heterocycles. The van der Waals surface area contributed by atoms with Crippen LogP contribution in [0.3, 0.4) is 0 Å². The SMILES string of the molecule is CC1C=CN=C/C1=C1\NC(C)(C)CO1. The molecule has 2 rings (SSSR count). The van der Waals surface area contributed by atoms with Gasteiger partial charge in [0.25, 0.3) is 0 Å². The van der Waals surface area contributed by atoms with Gasteiger partial charge in [-0.15, -0.1) is 0 Å². The molecule has 14 heavy (non-hydrogen) atoms. The van der Waals surface area contributed by atoms with Crippen molar-refractivity contribution in [2.45, 2.75) is 26.3 Å². The van der Waals surface area contributed by atoms with Crippen LogP contribution in [0, 0.1) is 5.92 Å². The average Bonchev–Trinajstić information content (AvgIpc) is 2.47. The Balaban J connectivity index is 2.25. The zero-order valence-electron chi connectivity index (χ0n) is 8.87. The van der Waals surface area contributed by atoms with E-state index in [0.717, 1.165) is 18.1 Å². The van der Waals surface area contributed by atoms with E-state index in [-0.39, 0.29) is 5.54 Å². The first-order valence-electron chi connectivity index (χ1n) is 4.93. The summed E-state index contributed by atoms with van der Waals surface area (Å²) in [6, 6.07) is 0. The van der Waals surface area contributed by atoms with E-state index < -0.39 is 0 Å². The van der Waals surface area contributed by atoms with Gasteiger partial charge in [0.15, 0.2) is 5.88 Å². The number of hydrogen-bond donors (Lipinski definition) is 1. The molecule has 0 aromatic heterocycles. The van der Waals surface area contributed by atoms with Crippen molar-refractivity contribution in [3.05, 3.63) is 23.7 Å². The number of hydrogen-bond acceptors (Lipinski definition) is 3. The summed E-state index contributed by atoms with van der Waals surface area (Å²) >= 11 is 0. The summed E-state index contributed by atoms with van der Waals surface area (Å²) in [4.78, 5) is 4.12. The Kier molecular flexibility index (Phi) is 2.10. The molecule has 0 amide bonds. The predicted octanol–water partition coefficient (Wildman–Crippen LogP) is 1.83. The van der Waals surface area contributed by atoms with Crippen LogP contribution in [0.5, 0.6) is 0 Å². The Morgan fingerprint density at radius 3 is 2.93 bits per heavy atom. The van der Waals surface area contributed by atoms with Crippen LogP contribution in [-0.4, -0.2) is 18.4 Å². The molecule has 0 aromatic rings. The van der Waals surface area contributed by atoms with Gasteiger partial charge in [-0.1, -0.05) is 13.0 Å². The molecule has 2 aliphatic rings. The van der Waals surface area contributed by atoms with Gasteiger partial charge in [0.1, 0.15) is 6.61 Å². The van der Waals surface area contributed by atoms with Crippen LogP contribution < -0.4 is 5.32 Å². The van der Waals surface area contributed by atoms with E-state index in [0.29, 0.717) is 5.92 Å². The lowest BCUT2D eigenvalue weighted by Crippen LogP contribution is -2.34. The molecule has 1 saturated heterocycles. The molecule has 76 valence electrons. The van der Waals surface area contributed by atoms with Crippen LogP contribution in [0.25, 0.3) is 0 Å². The molecule has 0 saturated carbocycles. The fourth-order valence-electron chi connectivity index (χ4n) is 1.58. The molecule has 3 nitrogen and oxygen atoms in total. The third kappa shape index (κ3) is 1.67. The van der Waals surface area contributed by atoms with Crippen molar-refractivity contribution in [3.63, 3.8) is 0 Å². The van der Waals surface area contributed by atoms with Crippen LogP contribution in [0.15, 0.2) is 28.7 Å². The molecule has 0 radical (unpaired) electrons. The summed E-state index contributed by atoms with van der Waals surface area (Å²) in [7, 11) is 0. The molecular formula is C11H16N2O. The number of allylic oxidation sites excluding steroid dienone is 2. The summed E-state index contributed by atoms with van der Waals surface area (Å²) in [5, 5.41) is 3.36. The van der Waals surface area contributed by atoms with Crippen LogP contribution in [0.1, 0.15) is 20.8 Å². The van der Waals surface area contributed by atoms with Gasteiger partial charge in [-0.2, -0.15) is 0 Å². The minimum atomic E-state index is 0.0387. The number of aliphatic imine (C=N–C) groups is 1. The molecule has 1 atom stereocenters. The van der Waals surface area contributed by atoms with Gasteiger partial charge in [-0.05, 0) is 13.8 Å². The molecule has 0 spiro atoms. The number of rotatable bonds is 0. The van der Waals surface area contributed by atoms with Gasteiger partial charge in [-0.25, -0.2) is 0 Å². The average molecular weight is 192 g/mol. The Labute approximate surface area is 84.6 Å². The highest BCUT2D eigenvalue weighted by molar-refractivity contribution is 5.82. The summed E-state index contributed by atoms with van der Waals surface area (Å²) in [6.45, 7) is 7.11. The van der Waals surface area contributed by atoms with Crippen LogP contribution in [0.4, 0.5) is 0 Å². The van der Waals surface area contributed by atoms with Crippen molar-refractivity contribution in [1.29, 1.82) is 0 Å². The van der Waals surface area contributed by atoms with E-state index in [1.54, 1.807) is 0 Å². The predicted molar refractivity (Wildman–Crippen MR) is 57.0 cm³/mol. The first kappa shape index (κ1) is 9.31. The topological polar surface area (TPSA) is 33.6 Å². The maximum Gasteiger partial charge on any atom is 0.192 e. The van der Waals surface area contributed by atoms with Crippen molar-refractivity contribution in [3.8, 4) is 0 Å². The van der Waals surface area contributed by atoms with E-state index in [1.165, 1.54) is 0 Å². The minimum absolute atomic E-state index is 0.0387. The highest BCUT2D eigenvalue weighted by Crippen LogP contribution is 2.24. The molecule has 0 aliphatic carbocycles. The van der Waals surface area contributed by atoms with Crippen molar-refractivity contribution >= 4 is 6.21 Å². The van der Waals surface area contributed by atoms with Gasteiger partial charge < -0.3 is 10.1 Å². The Morgan fingerprint density at radius 1 is 1.57 bits per heavy atom. The fourth-order valence-corrected chi connectivity index (χ4v) is 1.58. The van der Waals surface area contributed by atoms with E-state index in [1.807, 2.05) is 12.4 Å². The van der Waals surface area contributed by atoms with Crippen LogP contribution in [0.2, 0.25) is 0 Å².